The molecular formula is C19H15NO6. The minimum Gasteiger partial charge on any atom is -0.492 e. The van der Waals surface area contributed by atoms with Crippen LogP contribution in [0.1, 0.15) is 29.0 Å². The second-order valence-electron chi connectivity index (χ2n) is 6.08. The smallest absolute Gasteiger partial charge is 0.304 e. The van der Waals surface area contributed by atoms with E-state index in [2.05, 4.69) is 6.07 Å². The van der Waals surface area contributed by atoms with Crippen LogP contribution in [-0.2, 0) is 11.4 Å². The predicted molar refractivity (Wildman–Crippen MR) is 88.5 cm³/mol. The van der Waals surface area contributed by atoms with E-state index in [9.17, 15) is 4.79 Å². The SMILES string of the molecule is N#Cc1cc(COc2ccc3c(c2)OCC3CC(=O)O)c2c(c1)OCO2. The molecule has 0 spiro atoms. The zero-order valence-corrected chi connectivity index (χ0v) is 13.7. The summed E-state index contributed by atoms with van der Waals surface area (Å²) in [7, 11) is 0. The van der Waals surface area contributed by atoms with Gasteiger partial charge in [0.25, 0.3) is 0 Å². The van der Waals surface area contributed by atoms with Gasteiger partial charge < -0.3 is 24.1 Å². The van der Waals surface area contributed by atoms with E-state index >= 15 is 0 Å². The molecule has 26 heavy (non-hydrogen) atoms. The first-order chi connectivity index (χ1) is 12.6. The standard InChI is InChI=1S/C19H15NO6/c20-7-11-3-13(19-17(4-11)25-10-26-19)9-23-14-1-2-15-12(5-18(21)22)8-24-16(15)6-14/h1-4,6,12H,5,8-10H2,(H,21,22). The van der Waals surface area contributed by atoms with Crippen molar-refractivity contribution in [2.45, 2.75) is 18.9 Å². The predicted octanol–water partition coefficient (Wildman–Crippen LogP) is 2.82. The van der Waals surface area contributed by atoms with Gasteiger partial charge >= 0.3 is 5.97 Å². The van der Waals surface area contributed by atoms with Crippen molar-refractivity contribution in [3.63, 3.8) is 0 Å². The molecule has 132 valence electrons. The first kappa shape index (κ1) is 16.1. The third-order valence-corrected chi connectivity index (χ3v) is 4.36. The average molecular weight is 353 g/mol. The van der Waals surface area contributed by atoms with Crippen LogP contribution in [-0.4, -0.2) is 24.5 Å². The van der Waals surface area contributed by atoms with Gasteiger partial charge in [0.05, 0.1) is 24.7 Å². The van der Waals surface area contributed by atoms with Crippen LogP contribution in [0.3, 0.4) is 0 Å². The van der Waals surface area contributed by atoms with Gasteiger partial charge in [-0.1, -0.05) is 6.07 Å². The van der Waals surface area contributed by atoms with Gasteiger partial charge in [0.2, 0.25) is 6.79 Å². The van der Waals surface area contributed by atoms with Gasteiger partial charge in [0.15, 0.2) is 11.5 Å². The van der Waals surface area contributed by atoms with Crippen LogP contribution in [0.25, 0.3) is 0 Å². The van der Waals surface area contributed by atoms with E-state index in [1.807, 2.05) is 6.07 Å². The van der Waals surface area contributed by atoms with Gasteiger partial charge in [-0.3, -0.25) is 4.79 Å². The number of nitriles is 1. The molecule has 4 rings (SSSR count). The monoisotopic (exact) mass is 353 g/mol. The molecule has 0 saturated heterocycles. The molecule has 1 N–H and O–H groups in total. The molecule has 0 saturated carbocycles. The molecular weight excluding hydrogens is 338 g/mol. The molecule has 7 nitrogen and oxygen atoms in total. The Kier molecular flexibility index (Phi) is 4.01. The summed E-state index contributed by atoms with van der Waals surface area (Å²) in [6.45, 7) is 0.682. The van der Waals surface area contributed by atoms with E-state index in [4.69, 9.17) is 29.3 Å². The molecule has 0 aliphatic carbocycles. The fraction of sp³-hybridized carbons (Fsp3) is 0.263. The van der Waals surface area contributed by atoms with Gasteiger partial charge in [-0.2, -0.15) is 5.26 Å². The fourth-order valence-corrected chi connectivity index (χ4v) is 3.14. The molecule has 2 aromatic carbocycles. The number of carboxylic acid groups (broad SMARTS) is 1. The van der Waals surface area contributed by atoms with E-state index in [1.165, 1.54) is 0 Å². The lowest BCUT2D eigenvalue weighted by Crippen LogP contribution is -2.07. The van der Waals surface area contributed by atoms with E-state index in [0.717, 1.165) is 11.1 Å². The van der Waals surface area contributed by atoms with Crippen molar-refractivity contribution in [1.82, 2.24) is 0 Å². The number of nitrogens with zero attached hydrogens (tertiary/aromatic N) is 1. The summed E-state index contributed by atoms with van der Waals surface area (Å²) in [5, 5.41) is 18.1. The third-order valence-electron chi connectivity index (χ3n) is 4.36. The highest BCUT2D eigenvalue weighted by Gasteiger charge is 2.27. The summed E-state index contributed by atoms with van der Waals surface area (Å²) in [6, 6.07) is 10.8. The molecule has 0 bridgehead atoms. The maximum atomic E-state index is 10.9. The molecule has 1 unspecified atom stereocenters. The largest absolute Gasteiger partial charge is 0.492 e. The Balaban J connectivity index is 1.51. The third kappa shape index (κ3) is 2.97. The van der Waals surface area contributed by atoms with Gasteiger partial charge in [-0.05, 0) is 12.1 Å². The molecule has 2 aliphatic heterocycles. The lowest BCUT2D eigenvalue weighted by Gasteiger charge is -2.10. The molecule has 0 radical (unpaired) electrons. The van der Waals surface area contributed by atoms with Crippen LogP contribution in [0.4, 0.5) is 0 Å². The minimum atomic E-state index is -0.847. The summed E-state index contributed by atoms with van der Waals surface area (Å²) in [5.74, 6) is 1.37. The molecule has 7 heteroatoms. The zero-order valence-electron chi connectivity index (χ0n) is 13.7. The number of fused-ring (bicyclic) bond motifs is 2. The van der Waals surface area contributed by atoms with Crippen LogP contribution in [0.5, 0.6) is 23.0 Å². The van der Waals surface area contributed by atoms with Crippen molar-refractivity contribution in [3.05, 3.63) is 47.0 Å². The fourth-order valence-electron chi connectivity index (χ4n) is 3.14. The lowest BCUT2D eigenvalue weighted by atomic mass is 9.98. The maximum absolute atomic E-state index is 10.9. The van der Waals surface area contributed by atoms with Crippen molar-refractivity contribution in [2.24, 2.45) is 0 Å². The quantitative estimate of drug-likeness (QED) is 0.882. The Bertz CT molecular complexity index is 917. The van der Waals surface area contributed by atoms with Crippen molar-refractivity contribution in [1.29, 1.82) is 5.26 Å². The van der Waals surface area contributed by atoms with Crippen LogP contribution < -0.4 is 18.9 Å². The molecule has 0 fully saturated rings. The Morgan fingerprint density at radius 1 is 1.23 bits per heavy atom. The highest BCUT2D eigenvalue weighted by molar-refractivity contribution is 5.68. The van der Waals surface area contributed by atoms with Gasteiger partial charge in [-0.25, -0.2) is 0 Å². The summed E-state index contributed by atoms with van der Waals surface area (Å²) in [5.41, 5.74) is 2.08. The van der Waals surface area contributed by atoms with E-state index in [-0.39, 0.29) is 25.7 Å². The van der Waals surface area contributed by atoms with Crippen molar-refractivity contribution in [3.8, 4) is 29.1 Å². The zero-order chi connectivity index (χ0) is 18.1. The Hall–Kier alpha value is -3.40. The Labute approximate surface area is 149 Å². The van der Waals surface area contributed by atoms with Crippen molar-refractivity contribution >= 4 is 5.97 Å². The number of carbonyl (C=O) groups is 1. The Morgan fingerprint density at radius 2 is 2.12 bits per heavy atom. The van der Waals surface area contributed by atoms with Gasteiger partial charge in [-0.15, -0.1) is 0 Å². The highest BCUT2D eigenvalue weighted by Crippen LogP contribution is 2.40. The number of benzene rings is 2. The number of hydrogen-bond acceptors (Lipinski definition) is 6. The minimum absolute atomic E-state index is 0.0393. The highest BCUT2D eigenvalue weighted by atomic mass is 16.7. The molecule has 0 aromatic heterocycles. The molecule has 0 amide bonds. The number of carboxylic acids is 1. The van der Waals surface area contributed by atoms with Crippen LogP contribution >= 0.6 is 0 Å². The number of ether oxygens (including phenoxy) is 4. The normalized spacial score (nSPS) is 16.5. The summed E-state index contributed by atoms with van der Waals surface area (Å²) in [4.78, 5) is 10.9. The van der Waals surface area contributed by atoms with Crippen LogP contribution in [0, 0.1) is 11.3 Å². The number of rotatable bonds is 5. The van der Waals surface area contributed by atoms with Crippen LogP contribution in [0.15, 0.2) is 30.3 Å². The number of hydrogen-bond donors (Lipinski definition) is 1. The van der Waals surface area contributed by atoms with E-state index in [1.54, 1.807) is 24.3 Å². The first-order valence-electron chi connectivity index (χ1n) is 8.08. The molecule has 2 aromatic rings. The summed E-state index contributed by atoms with van der Waals surface area (Å²) in [6.07, 6.45) is 0.0393. The number of aliphatic carboxylic acids is 1. The molecule has 1 atom stereocenters. The topological polar surface area (TPSA) is 98.0 Å². The van der Waals surface area contributed by atoms with Gasteiger partial charge in [0.1, 0.15) is 18.1 Å². The first-order valence-corrected chi connectivity index (χ1v) is 8.08. The van der Waals surface area contributed by atoms with Crippen molar-refractivity contribution < 1.29 is 28.8 Å². The lowest BCUT2D eigenvalue weighted by molar-refractivity contribution is -0.137. The second-order valence-corrected chi connectivity index (χ2v) is 6.08. The second kappa shape index (κ2) is 6.48. The van der Waals surface area contributed by atoms with Crippen LogP contribution in [0.2, 0.25) is 0 Å². The van der Waals surface area contributed by atoms with Gasteiger partial charge in [0, 0.05) is 29.2 Å². The average Bonchev–Trinajstić information content (AvgIpc) is 3.26. The molecule has 2 aliphatic rings. The summed E-state index contributed by atoms with van der Waals surface area (Å²) >= 11 is 0. The maximum Gasteiger partial charge on any atom is 0.304 e. The molecule has 2 heterocycles. The van der Waals surface area contributed by atoms with E-state index < -0.39 is 5.97 Å². The Morgan fingerprint density at radius 3 is 2.92 bits per heavy atom. The summed E-state index contributed by atoms with van der Waals surface area (Å²) < 4.78 is 22.2. The van der Waals surface area contributed by atoms with Crippen molar-refractivity contribution in [2.75, 3.05) is 13.4 Å². The van der Waals surface area contributed by atoms with E-state index in [0.29, 0.717) is 35.2 Å².